The summed E-state index contributed by atoms with van der Waals surface area (Å²) in [5.41, 5.74) is 4.63. The summed E-state index contributed by atoms with van der Waals surface area (Å²) >= 11 is 0. The van der Waals surface area contributed by atoms with Crippen LogP contribution in [-0.4, -0.2) is 36.1 Å². The minimum absolute atomic E-state index is 0.0863. The van der Waals surface area contributed by atoms with E-state index in [-0.39, 0.29) is 4.90 Å². The number of hydrogen-bond donors (Lipinski definition) is 3. The lowest BCUT2D eigenvalue weighted by Gasteiger charge is -2.09. The van der Waals surface area contributed by atoms with Crippen molar-refractivity contribution in [1.82, 2.24) is 14.4 Å². The Morgan fingerprint density at radius 1 is 1.12 bits per heavy atom. The predicted octanol–water partition coefficient (Wildman–Crippen LogP) is 2.90. The Kier molecular flexibility index (Phi) is 7.18. The molecular formula is C22H24N6O3S. The van der Waals surface area contributed by atoms with E-state index >= 15 is 0 Å². The highest BCUT2D eigenvalue weighted by molar-refractivity contribution is 7.89. The topological polar surface area (TPSA) is 131 Å². The van der Waals surface area contributed by atoms with Crippen LogP contribution in [0.5, 0.6) is 0 Å². The van der Waals surface area contributed by atoms with E-state index in [1.54, 1.807) is 18.3 Å². The van der Waals surface area contributed by atoms with Crippen molar-refractivity contribution >= 4 is 33.5 Å². The molecule has 0 fully saturated rings. The van der Waals surface area contributed by atoms with Crippen LogP contribution in [0, 0.1) is 0 Å². The van der Waals surface area contributed by atoms with Gasteiger partial charge in [0.05, 0.1) is 16.8 Å². The van der Waals surface area contributed by atoms with E-state index < -0.39 is 10.0 Å². The lowest BCUT2D eigenvalue weighted by molar-refractivity contribution is -0.106. The first-order chi connectivity index (χ1) is 15.4. The molecule has 0 spiro atoms. The molecule has 2 aromatic carbocycles. The van der Waals surface area contributed by atoms with Crippen molar-refractivity contribution in [3.63, 3.8) is 0 Å². The molecule has 0 saturated heterocycles. The highest BCUT2D eigenvalue weighted by atomic mass is 32.2. The molecular weight excluding hydrogens is 428 g/mol. The predicted molar refractivity (Wildman–Crippen MR) is 125 cm³/mol. The zero-order valence-electron chi connectivity index (χ0n) is 17.7. The average molecular weight is 453 g/mol. The minimum Gasteiger partial charge on any atom is -0.388 e. The maximum atomic E-state index is 11.4. The summed E-state index contributed by atoms with van der Waals surface area (Å²) in [6.07, 6.45) is 6.15. The summed E-state index contributed by atoms with van der Waals surface area (Å²) in [4.78, 5) is 17.8. The summed E-state index contributed by atoms with van der Waals surface area (Å²) in [7, 11) is -1.81. The molecule has 2 aromatic heterocycles. The lowest BCUT2D eigenvalue weighted by Crippen LogP contribution is -2.12. The van der Waals surface area contributed by atoms with Crippen LogP contribution < -0.4 is 15.8 Å². The first-order valence-electron chi connectivity index (χ1n) is 9.73. The number of primary sulfonamides is 1. The molecule has 10 heteroatoms. The minimum atomic E-state index is -3.69. The van der Waals surface area contributed by atoms with Crippen LogP contribution in [0.1, 0.15) is 12.5 Å². The summed E-state index contributed by atoms with van der Waals surface area (Å²) in [6.45, 7) is 1.91. The van der Waals surface area contributed by atoms with Gasteiger partial charge in [-0.15, -0.1) is 0 Å². The average Bonchev–Trinajstić information content (AvgIpc) is 3.23. The second-order valence-corrected chi connectivity index (χ2v) is 8.28. The number of benzene rings is 2. The SMILES string of the molecule is CC=O.CNc1cccc(-c2cnc3c(NCc4ccc(S(N)(=O)=O)cc4)nccn23)c1. The van der Waals surface area contributed by atoms with Gasteiger partial charge in [-0.2, -0.15) is 0 Å². The fourth-order valence-electron chi connectivity index (χ4n) is 3.07. The van der Waals surface area contributed by atoms with Gasteiger partial charge in [-0.05, 0) is 36.8 Å². The van der Waals surface area contributed by atoms with E-state index in [1.807, 2.05) is 42.0 Å². The van der Waals surface area contributed by atoms with Crippen LogP contribution in [0.4, 0.5) is 11.5 Å². The molecule has 9 nitrogen and oxygen atoms in total. The zero-order chi connectivity index (χ0) is 23.1. The number of nitrogens with one attached hydrogen (secondary N) is 2. The second-order valence-electron chi connectivity index (χ2n) is 6.72. The highest BCUT2D eigenvalue weighted by Crippen LogP contribution is 2.25. The van der Waals surface area contributed by atoms with Gasteiger partial charge in [-0.3, -0.25) is 4.40 Å². The summed E-state index contributed by atoms with van der Waals surface area (Å²) in [5.74, 6) is 0.638. The summed E-state index contributed by atoms with van der Waals surface area (Å²) in [6, 6.07) is 14.5. The highest BCUT2D eigenvalue weighted by Gasteiger charge is 2.11. The van der Waals surface area contributed by atoms with Gasteiger partial charge in [0.2, 0.25) is 10.0 Å². The molecule has 0 unspecified atom stereocenters. The molecule has 4 aromatic rings. The molecule has 0 aliphatic heterocycles. The smallest absolute Gasteiger partial charge is 0.238 e. The monoisotopic (exact) mass is 452 g/mol. The van der Waals surface area contributed by atoms with Crippen LogP contribution in [-0.2, 0) is 21.4 Å². The molecule has 0 saturated carbocycles. The molecule has 4 rings (SSSR count). The van der Waals surface area contributed by atoms with Crippen molar-refractivity contribution in [2.24, 2.45) is 5.14 Å². The van der Waals surface area contributed by atoms with E-state index in [0.29, 0.717) is 18.0 Å². The first kappa shape index (κ1) is 22.9. The van der Waals surface area contributed by atoms with E-state index in [4.69, 9.17) is 9.93 Å². The largest absolute Gasteiger partial charge is 0.388 e. The van der Waals surface area contributed by atoms with E-state index in [0.717, 1.165) is 28.8 Å². The van der Waals surface area contributed by atoms with Crippen molar-refractivity contribution in [2.45, 2.75) is 18.4 Å². The summed E-state index contributed by atoms with van der Waals surface area (Å²) in [5, 5.41) is 11.5. The molecule has 2 heterocycles. The third-order valence-electron chi connectivity index (χ3n) is 4.59. The molecule has 0 atom stereocenters. The second kappa shape index (κ2) is 10.0. The van der Waals surface area contributed by atoms with Crippen LogP contribution in [0.15, 0.2) is 72.0 Å². The molecule has 0 bridgehead atoms. The Morgan fingerprint density at radius 2 is 1.84 bits per heavy atom. The van der Waals surface area contributed by atoms with Gasteiger partial charge in [0, 0.05) is 37.2 Å². The Labute approximate surface area is 186 Å². The molecule has 0 aliphatic carbocycles. The molecule has 0 radical (unpaired) electrons. The Morgan fingerprint density at radius 3 is 2.50 bits per heavy atom. The van der Waals surface area contributed by atoms with Crippen LogP contribution >= 0.6 is 0 Å². The third kappa shape index (κ3) is 5.29. The number of nitrogens with two attached hydrogens (primary N) is 1. The number of sulfonamides is 1. The number of fused-ring (bicyclic) bond motifs is 1. The van der Waals surface area contributed by atoms with Crippen molar-refractivity contribution in [3.05, 3.63) is 72.7 Å². The number of rotatable bonds is 6. The fraction of sp³-hybridized carbons (Fsp3) is 0.136. The van der Waals surface area contributed by atoms with E-state index in [1.165, 1.54) is 19.1 Å². The van der Waals surface area contributed by atoms with Crippen LogP contribution in [0.25, 0.3) is 16.9 Å². The van der Waals surface area contributed by atoms with Gasteiger partial charge in [-0.25, -0.2) is 23.5 Å². The number of carbonyl (C=O) groups is 1. The van der Waals surface area contributed by atoms with Crippen molar-refractivity contribution in [2.75, 3.05) is 17.7 Å². The normalized spacial score (nSPS) is 10.8. The summed E-state index contributed by atoms with van der Waals surface area (Å²) < 4.78 is 24.7. The van der Waals surface area contributed by atoms with Crippen LogP contribution in [0.3, 0.4) is 0 Å². The number of aldehydes is 1. The van der Waals surface area contributed by atoms with Crippen molar-refractivity contribution in [3.8, 4) is 11.3 Å². The maximum absolute atomic E-state index is 11.4. The number of carbonyl (C=O) groups excluding carboxylic acids is 1. The molecule has 0 aliphatic rings. The van der Waals surface area contributed by atoms with Gasteiger partial charge in [0.15, 0.2) is 11.5 Å². The van der Waals surface area contributed by atoms with Gasteiger partial charge in [0.25, 0.3) is 0 Å². The molecule has 4 N–H and O–H groups in total. The third-order valence-corrected chi connectivity index (χ3v) is 5.52. The van der Waals surface area contributed by atoms with Crippen molar-refractivity contribution < 1.29 is 13.2 Å². The van der Waals surface area contributed by atoms with E-state index in [2.05, 4.69) is 26.7 Å². The number of imidazole rings is 1. The number of hydrogen-bond acceptors (Lipinski definition) is 7. The fourth-order valence-corrected chi connectivity index (χ4v) is 3.59. The zero-order valence-corrected chi connectivity index (χ0v) is 18.5. The Hall–Kier alpha value is -3.76. The van der Waals surface area contributed by atoms with Gasteiger partial charge < -0.3 is 15.4 Å². The molecule has 32 heavy (non-hydrogen) atoms. The lowest BCUT2D eigenvalue weighted by atomic mass is 10.1. The number of aromatic nitrogens is 3. The van der Waals surface area contributed by atoms with Gasteiger partial charge in [-0.1, -0.05) is 24.3 Å². The van der Waals surface area contributed by atoms with Gasteiger partial charge >= 0.3 is 0 Å². The first-order valence-corrected chi connectivity index (χ1v) is 11.3. The Bertz CT molecular complexity index is 1320. The van der Waals surface area contributed by atoms with E-state index in [9.17, 15) is 8.42 Å². The molecule has 0 amide bonds. The number of nitrogens with zero attached hydrogens (tertiary/aromatic N) is 3. The number of anilines is 2. The quantitative estimate of drug-likeness (QED) is 0.383. The van der Waals surface area contributed by atoms with Crippen LogP contribution in [0.2, 0.25) is 0 Å². The maximum Gasteiger partial charge on any atom is 0.238 e. The Balaban J connectivity index is 0.000000913. The standard InChI is InChI=1S/C20H20N6O2S.C2H4O/c1-22-16-4-2-3-15(11-16)18-13-25-20-19(23-9-10-26(18)20)24-12-14-5-7-17(8-6-14)29(21,27)28;1-2-3/h2-11,13,22H,12H2,1H3,(H,23,24)(H2,21,27,28);2H,1H3. The van der Waals surface area contributed by atoms with Crippen molar-refractivity contribution in [1.29, 1.82) is 0 Å². The van der Waals surface area contributed by atoms with Gasteiger partial charge in [0.1, 0.15) is 6.29 Å². The molecule has 166 valence electrons.